The Bertz CT molecular complexity index is 514. The van der Waals surface area contributed by atoms with E-state index < -0.39 is 0 Å². The Hall–Kier alpha value is -2.06. The monoisotopic (exact) mass is 315 g/mol. The maximum atomic E-state index is 11.7. The van der Waals surface area contributed by atoms with E-state index in [4.69, 9.17) is 11.2 Å². The molecular formula is C18H25N3O2. The maximum Gasteiger partial charge on any atom is 0.253 e. The van der Waals surface area contributed by atoms with Gasteiger partial charge in [-0.3, -0.25) is 4.79 Å². The van der Waals surface area contributed by atoms with E-state index in [2.05, 4.69) is 21.5 Å². The van der Waals surface area contributed by atoms with E-state index in [-0.39, 0.29) is 12.5 Å². The SMILES string of the molecule is C#CCNC(=O)c1ccc(NCCOC2CCCCCC2)nc1. The van der Waals surface area contributed by atoms with Crippen LogP contribution >= 0.6 is 0 Å². The first-order valence-corrected chi connectivity index (χ1v) is 8.33. The van der Waals surface area contributed by atoms with Gasteiger partial charge in [-0.15, -0.1) is 6.42 Å². The number of amides is 1. The summed E-state index contributed by atoms with van der Waals surface area (Å²) in [6, 6.07) is 3.52. The van der Waals surface area contributed by atoms with Crippen molar-refractivity contribution >= 4 is 11.7 Å². The third-order valence-electron chi connectivity index (χ3n) is 3.94. The first-order chi connectivity index (χ1) is 11.3. The summed E-state index contributed by atoms with van der Waals surface area (Å²) in [4.78, 5) is 15.9. The highest BCUT2D eigenvalue weighted by molar-refractivity contribution is 5.94. The molecule has 23 heavy (non-hydrogen) atoms. The van der Waals surface area contributed by atoms with E-state index in [1.165, 1.54) is 38.5 Å². The van der Waals surface area contributed by atoms with Crippen LogP contribution < -0.4 is 10.6 Å². The zero-order chi connectivity index (χ0) is 16.3. The van der Waals surface area contributed by atoms with Gasteiger partial charge in [-0.2, -0.15) is 0 Å². The zero-order valence-corrected chi connectivity index (χ0v) is 13.5. The van der Waals surface area contributed by atoms with Gasteiger partial charge in [0.05, 0.1) is 24.8 Å². The standard InChI is InChI=1S/C18H25N3O2/c1-2-11-20-18(22)15-9-10-17(21-14-15)19-12-13-23-16-7-5-3-4-6-8-16/h1,9-10,14,16H,3-8,11-13H2,(H,19,21)(H,20,22). The molecule has 5 nitrogen and oxygen atoms in total. The number of pyridine rings is 1. The van der Waals surface area contributed by atoms with Crippen LogP contribution in [0.5, 0.6) is 0 Å². The predicted molar refractivity (Wildman–Crippen MR) is 91.3 cm³/mol. The average Bonchev–Trinajstić information content (AvgIpc) is 2.86. The fourth-order valence-electron chi connectivity index (χ4n) is 2.68. The molecule has 0 atom stereocenters. The Morgan fingerprint density at radius 2 is 2.09 bits per heavy atom. The second-order valence-electron chi connectivity index (χ2n) is 5.73. The minimum absolute atomic E-state index is 0.210. The lowest BCUT2D eigenvalue weighted by Crippen LogP contribution is -2.23. The fraction of sp³-hybridized carbons (Fsp3) is 0.556. The lowest BCUT2D eigenvalue weighted by molar-refractivity contribution is 0.0501. The summed E-state index contributed by atoms with van der Waals surface area (Å²) in [7, 11) is 0. The van der Waals surface area contributed by atoms with Crippen LogP contribution in [0.4, 0.5) is 5.82 Å². The highest BCUT2D eigenvalue weighted by Gasteiger charge is 2.12. The Morgan fingerprint density at radius 3 is 2.74 bits per heavy atom. The van der Waals surface area contributed by atoms with Crippen LogP contribution in [-0.4, -0.2) is 36.7 Å². The molecule has 5 heteroatoms. The van der Waals surface area contributed by atoms with Gasteiger partial charge in [0, 0.05) is 12.7 Å². The molecule has 124 valence electrons. The molecule has 1 aromatic heterocycles. The Labute approximate surface area is 138 Å². The molecule has 1 amide bonds. The predicted octanol–water partition coefficient (Wildman–Crippen LogP) is 2.60. The molecule has 0 spiro atoms. The molecule has 1 heterocycles. The number of anilines is 1. The number of ether oxygens (including phenoxy) is 1. The van der Waals surface area contributed by atoms with E-state index in [1.54, 1.807) is 18.3 Å². The third-order valence-corrected chi connectivity index (χ3v) is 3.94. The van der Waals surface area contributed by atoms with Gasteiger partial charge in [-0.05, 0) is 25.0 Å². The van der Waals surface area contributed by atoms with Gasteiger partial charge >= 0.3 is 0 Å². The summed E-state index contributed by atoms with van der Waals surface area (Å²) >= 11 is 0. The number of aromatic nitrogens is 1. The first kappa shape index (κ1) is 17.3. The Balaban J connectivity index is 1.67. The molecule has 0 saturated heterocycles. The summed E-state index contributed by atoms with van der Waals surface area (Å²) in [6.07, 6.45) is 14.7. The largest absolute Gasteiger partial charge is 0.376 e. The molecule has 0 aromatic carbocycles. The number of nitrogens with zero attached hydrogens (tertiary/aromatic N) is 1. The van der Waals surface area contributed by atoms with Crippen molar-refractivity contribution in [1.29, 1.82) is 0 Å². The molecule has 0 aliphatic heterocycles. The van der Waals surface area contributed by atoms with Crippen LogP contribution in [0.25, 0.3) is 0 Å². The number of nitrogens with one attached hydrogen (secondary N) is 2. The topological polar surface area (TPSA) is 63.2 Å². The van der Waals surface area contributed by atoms with E-state index >= 15 is 0 Å². The second kappa shape index (κ2) is 9.86. The molecule has 0 bridgehead atoms. The van der Waals surface area contributed by atoms with Crippen molar-refractivity contribution in [3.8, 4) is 12.3 Å². The molecule has 1 fully saturated rings. The van der Waals surface area contributed by atoms with Crippen LogP contribution in [-0.2, 0) is 4.74 Å². The van der Waals surface area contributed by atoms with Crippen LogP contribution in [0.1, 0.15) is 48.9 Å². The highest BCUT2D eigenvalue weighted by Crippen LogP contribution is 2.19. The zero-order valence-electron chi connectivity index (χ0n) is 13.5. The summed E-state index contributed by atoms with van der Waals surface area (Å²) in [5.74, 6) is 2.90. The number of hydrogen-bond acceptors (Lipinski definition) is 4. The Kier molecular flexibility index (Phi) is 7.41. The van der Waals surface area contributed by atoms with Crippen molar-refractivity contribution < 1.29 is 9.53 Å². The van der Waals surface area contributed by atoms with E-state index in [0.29, 0.717) is 24.8 Å². The lowest BCUT2D eigenvalue weighted by Gasteiger charge is -2.15. The van der Waals surface area contributed by atoms with E-state index in [9.17, 15) is 4.79 Å². The van der Waals surface area contributed by atoms with E-state index in [0.717, 1.165) is 5.82 Å². The minimum atomic E-state index is -0.210. The number of rotatable bonds is 7. The van der Waals surface area contributed by atoms with Crippen molar-refractivity contribution in [2.45, 2.75) is 44.6 Å². The number of hydrogen-bond donors (Lipinski definition) is 2. The summed E-state index contributed by atoms with van der Waals surface area (Å²) in [5, 5.41) is 5.82. The molecule has 1 aromatic rings. The average molecular weight is 315 g/mol. The molecule has 2 rings (SSSR count). The normalized spacial score (nSPS) is 15.4. The second-order valence-corrected chi connectivity index (χ2v) is 5.73. The van der Waals surface area contributed by atoms with Gasteiger partial charge in [0.15, 0.2) is 0 Å². The van der Waals surface area contributed by atoms with Gasteiger partial charge in [0.2, 0.25) is 0 Å². The molecule has 2 N–H and O–H groups in total. The molecule has 1 saturated carbocycles. The van der Waals surface area contributed by atoms with Crippen LogP contribution in [0.15, 0.2) is 18.3 Å². The highest BCUT2D eigenvalue weighted by atomic mass is 16.5. The van der Waals surface area contributed by atoms with Crippen molar-refractivity contribution in [3.63, 3.8) is 0 Å². The van der Waals surface area contributed by atoms with Gasteiger partial charge < -0.3 is 15.4 Å². The van der Waals surface area contributed by atoms with Crippen LogP contribution in [0.3, 0.4) is 0 Å². The summed E-state index contributed by atoms with van der Waals surface area (Å²) in [6.45, 7) is 1.61. The third kappa shape index (κ3) is 6.29. The molecular weight excluding hydrogens is 290 g/mol. The van der Waals surface area contributed by atoms with Crippen molar-refractivity contribution in [2.75, 3.05) is 25.0 Å². The summed E-state index contributed by atoms with van der Waals surface area (Å²) < 4.78 is 5.92. The number of carbonyl (C=O) groups excluding carboxylic acids is 1. The first-order valence-electron chi connectivity index (χ1n) is 8.33. The van der Waals surface area contributed by atoms with Crippen LogP contribution in [0, 0.1) is 12.3 Å². The van der Waals surface area contributed by atoms with Crippen LogP contribution in [0.2, 0.25) is 0 Å². The Morgan fingerprint density at radius 1 is 1.30 bits per heavy atom. The minimum Gasteiger partial charge on any atom is -0.376 e. The molecule has 0 radical (unpaired) electrons. The van der Waals surface area contributed by atoms with Gasteiger partial charge in [0.1, 0.15) is 5.82 Å². The summed E-state index contributed by atoms with van der Waals surface area (Å²) in [5.41, 5.74) is 0.500. The van der Waals surface area contributed by atoms with E-state index in [1.807, 2.05) is 0 Å². The van der Waals surface area contributed by atoms with Crippen molar-refractivity contribution in [1.82, 2.24) is 10.3 Å². The van der Waals surface area contributed by atoms with Crippen molar-refractivity contribution in [2.24, 2.45) is 0 Å². The van der Waals surface area contributed by atoms with Gasteiger partial charge in [0.25, 0.3) is 5.91 Å². The quantitative estimate of drug-likeness (QED) is 0.461. The molecule has 0 unspecified atom stereocenters. The number of carbonyl (C=O) groups is 1. The number of terminal acetylenes is 1. The van der Waals surface area contributed by atoms with Gasteiger partial charge in [-0.25, -0.2) is 4.98 Å². The van der Waals surface area contributed by atoms with Crippen molar-refractivity contribution in [3.05, 3.63) is 23.9 Å². The fourth-order valence-corrected chi connectivity index (χ4v) is 2.68. The molecule has 1 aliphatic rings. The van der Waals surface area contributed by atoms with Gasteiger partial charge in [-0.1, -0.05) is 31.6 Å². The molecule has 1 aliphatic carbocycles. The maximum absolute atomic E-state index is 11.7. The smallest absolute Gasteiger partial charge is 0.253 e. The lowest BCUT2D eigenvalue weighted by atomic mass is 10.1.